The van der Waals surface area contributed by atoms with Crippen LogP contribution in [0.1, 0.15) is 30.0 Å². The number of hydrogen-bond donors (Lipinski definition) is 2. The first-order valence-electron chi connectivity index (χ1n) is 10.7. The average molecular weight is 425 g/mol. The van der Waals surface area contributed by atoms with Gasteiger partial charge in [-0.05, 0) is 61.3 Å². The highest BCUT2D eigenvalue weighted by molar-refractivity contribution is 6.35. The number of nitrogens with one attached hydrogen (secondary N) is 2. The van der Waals surface area contributed by atoms with Crippen molar-refractivity contribution in [1.29, 1.82) is 0 Å². The second-order valence-electron chi connectivity index (χ2n) is 7.99. The summed E-state index contributed by atoms with van der Waals surface area (Å²) in [6, 6.07) is 15.8. The topological polar surface area (TPSA) is 73.9 Å². The summed E-state index contributed by atoms with van der Waals surface area (Å²) < 4.78 is 5.19. The van der Waals surface area contributed by atoms with Crippen molar-refractivity contribution < 1.29 is 14.3 Å². The van der Waals surface area contributed by atoms with Crippen molar-refractivity contribution in [1.82, 2.24) is 15.5 Å². The van der Waals surface area contributed by atoms with E-state index in [-0.39, 0.29) is 12.6 Å². The van der Waals surface area contributed by atoms with Crippen molar-refractivity contribution in [2.45, 2.75) is 25.4 Å². The zero-order valence-electron chi connectivity index (χ0n) is 18.6. The molecule has 0 bridgehead atoms. The van der Waals surface area contributed by atoms with Crippen molar-refractivity contribution in [3.05, 3.63) is 59.7 Å². The van der Waals surface area contributed by atoms with Gasteiger partial charge in [-0.25, -0.2) is 0 Å². The van der Waals surface area contributed by atoms with Gasteiger partial charge >= 0.3 is 11.8 Å². The molecular weight excluding hydrogens is 392 g/mol. The Morgan fingerprint density at radius 3 is 2.35 bits per heavy atom. The second kappa shape index (κ2) is 10.8. The molecule has 3 rings (SSSR count). The molecule has 1 aliphatic heterocycles. The molecule has 2 aromatic rings. The van der Waals surface area contributed by atoms with E-state index < -0.39 is 11.8 Å². The Bertz CT molecular complexity index is 877. The third-order valence-electron chi connectivity index (χ3n) is 5.63. The van der Waals surface area contributed by atoms with Crippen molar-refractivity contribution in [3.63, 3.8) is 0 Å². The van der Waals surface area contributed by atoms with Gasteiger partial charge in [-0.15, -0.1) is 0 Å². The number of nitrogens with zero attached hydrogens (tertiary/aromatic N) is 2. The number of methoxy groups -OCH3 is 1. The van der Waals surface area contributed by atoms with Crippen LogP contribution in [0.15, 0.2) is 48.5 Å². The summed E-state index contributed by atoms with van der Waals surface area (Å²) in [4.78, 5) is 29.1. The first-order chi connectivity index (χ1) is 15.0. The summed E-state index contributed by atoms with van der Waals surface area (Å²) in [6.07, 6.45) is 2.31. The molecule has 2 aromatic carbocycles. The molecule has 0 radical (unpaired) electrons. The quantitative estimate of drug-likeness (QED) is 0.637. The molecule has 1 aliphatic rings. The monoisotopic (exact) mass is 424 g/mol. The van der Waals surface area contributed by atoms with Crippen molar-refractivity contribution in [2.24, 2.45) is 0 Å². The van der Waals surface area contributed by atoms with Crippen molar-refractivity contribution >= 4 is 17.5 Å². The normalized spacial score (nSPS) is 14.7. The lowest BCUT2D eigenvalue weighted by atomic mass is 10.0. The van der Waals surface area contributed by atoms with Crippen LogP contribution in [0.4, 0.5) is 5.69 Å². The maximum atomic E-state index is 12.4. The Morgan fingerprint density at radius 1 is 1.03 bits per heavy atom. The molecule has 7 heteroatoms. The summed E-state index contributed by atoms with van der Waals surface area (Å²) in [5.41, 5.74) is 3.14. The average Bonchev–Trinajstić information content (AvgIpc) is 3.32. The first-order valence-corrected chi connectivity index (χ1v) is 10.7. The molecule has 7 nitrogen and oxygen atoms in total. The minimum absolute atomic E-state index is 0.0499. The molecule has 166 valence electrons. The van der Waals surface area contributed by atoms with Crippen LogP contribution in [-0.2, 0) is 16.1 Å². The number of carbonyl (C=O) groups is 2. The molecule has 1 saturated heterocycles. The number of amides is 2. The largest absolute Gasteiger partial charge is 0.497 e. The maximum absolute atomic E-state index is 12.4. The molecular formula is C24H32N4O3. The fourth-order valence-electron chi connectivity index (χ4n) is 3.82. The number of likely N-dealkylation sites (tertiary alicyclic amines) is 1. The third-order valence-corrected chi connectivity index (χ3v) is 5.63. The molecule has 2 N–H and O–H groups in total. The van der Waals surface area contributed by atoms with Crippen LogP contribution in [0.3, 0.4) is 0 Å². The van der Waals surface area contributed by atoms with Gasteiger partial charge in [0, 0.05) is 32.9 Å². The van der Waals surface area contributed by atoms with Gasteiger partial charge in [0.1, 0.15) is 5.75 Å². The number of rotatable bonds is 8. The lowest BCUT2D eigenvalue weighted by Crippen LogP contribution is -2.43. The van der Waals surface area contributed by atoms with Crippen molar-refractivity contribution in [3.8, 4) is 5.75 Å². The molecule has 0 aromatic heterocycles. The Kier molecular flexibility index (Phi) is 7.89. The molecule has 31 heavy (non-hydrogen) atoms. The van der Waals surface area contributed by atoms with E-state index in [1.807, 2.05) is 38.4 Å². The van der Waals surface area contributed by atoms with E-state index in [0.29, 0.717) is 12.3 Å². The summed E-state index contributed by atoms with van der Waals surface area (Å²) >= 11 is 0. The van der Waals surface area contributed by atoms with Crippen LogP contribution in [0.2, 0.25) is 0 Å². The van der Waals surface area contributed by atoms with E-state index in [9.17, 15) is 9.59 Å². The lowest BCUT2D eigenvalue weighted by Gasteiger charge is -2.28. The fourth-order valence-corrected chi connectivity index (χ4v) is 3.82. The number of ether oxygens (including phenoxy) is 1. The van der Waals surface area contributed by atoms with Gasteiger partial charge in [-0.3, -0.25) is 14.5 Å². The van der Waals surface area contributed by atoms with Crippen LogP contribution in [0.25, 0.3) is 0 Å². The fraction of sp³-hybridized carbons (Fsp3) is 0.417. The molecule has 0 saturated carbocycles. The highest BCUT2D eigenvalue weighted by Crippen LogP contribution is 2.26. The summed E-state index contributed by atoms with van der Waals surface area (Å²) in [6.45, 7) is 2.66. The number of benzene rings is 2. The minimum Gasteiger partial charge on any atom is -0.497 e. The lowest BCUT2D eigenvalue weighted by molar-refractivity contribution is -0.139. The van der Waals surface area contributed by atoms with Crippen molar-refractivity contribution in [2.75, 3.05) is 45.7 Å². The van der Waals surface area contributed by atoms with Gasteiger partial charge in [-0.2, -0.15) is 0 Å². The van der Waals surface area contributed by atoms with E-state index >= 15 is 0 Å². The molecule has 1 fully saturated rings. The highest BCUT2D eigenvalue weighted by atomic mass is 16.5. The van der Waals surface area contributed by atoms with E-state index in [2.05, 4.69) is 44.7 Å². The summed E-state index contributed by atoms with van der Waals surface area (Å²) in [5, 5.41) is 5.50. The Balaban J connectivity index is 1.58. The first kappa shape index (κ1) is 22.6. The second-order valence-corrected chi connectivity index (χ2v) is 7.99. The predicted molar refractivity (Wildman–Crippen MR) is 122 cm³/mol. The Hall–Kier alpha value is -3.06. The van der Waals surface area contributed by atoms with Crippen LogP contribution >= 0.6 is 0 Å². The van der Waals surface area contributed by atoms with Gasteiger partial charge in [0.2, 0.25) is 0 Å². The molecule has 0 spiro atoms. The summed E-state index contributed by atoms with van der Waals surface area (Å²) in [5.74, 6) is -0.534. The zero-order valence-corrected chi connectivity index (χ0v) is 18.6. The number of anilines is 1. The minimum atomic E-state index is -0.633. The smallest absolute Gasteiger partial charge is 0.309 e. The SMILES string of the molecule is COc1cccc(CNC(=O)C(=O)NCC(c2ccc(N(C)C)cc2)N2CCCC2)c1. The van der Waals surface area contributed by atoms with E-state index in [0.717, 1.165) is 42.7 Å². The van der Waals surface area contributed by atoms with E-state index in [1.54, 1.807) is 7.11 Å². The van der Waals surface area contributed by atoms with Gasteiger partial charge in [0.25, 0.3) is 0 Å². The molecule has 1 unspecified atom stereocenters. The molecule has 2 amide bonds. The highest BCUT2D eigenvalue weighted by Gasteiger charge is 2.25. The molecule has 1 atom stereocenters. The van der Waals surface area contributed by atoms with Gasteiger partial charge in [0.15, 0.2) is 0 Å². The molecule has 1 heterocycles. The molecule has 0 aliphatic carbocycles. The summed E-state index contributed by atoms with van der Waals surface area (Å²) in [7, 11) is 5.62. The van der Waals surface area contributed by atoms with E-state index in [1.165, 1.54) is 0 Å². The van der Waals surface area contributed by atoms with Crippen LogP contribution in [0, 0.1) is 0 Å². The predicted octanol–water partition coefficient (Wildman–Crippen LogP) is 2.33. The zero-order chi connectivity index (χ0) is 22.2. The van der Waals surface area contributed by atoms with Gasteiger partial charge in [-0.1, -0.05) is 24.3 Å². The van der Waals surface area contributed by atoms with Crippen LogP contribution < -0.4 is 20.3 Å². The Labute approximate surface area is 184 Å². The van der Waals surface area contributed by atoms with Crippen LogP contribution in [0.5, 0.6) is 5.75 Å². The third kappa shape index (κ3) is 6.21. The van der Waals surface area contributed by atoms with Gasteiger partial charge < -0.3 is 20.3 Å². The van der Waals surface area contributed by atoms with Gasteiger partial charge in [0.05, 0.1) is 13.2 Å². The standard InChI is InChI=1S/C24H32N4O3/c1-27(2)20-11-9-19(10-12-20)22(28-13-4-5-14-28)17-26-24(30)23(29)25-16-18-7-6-8-21(15-18)31-3/h6-12,15,22H,4-5,13-14,16-17H2,1-3H3,(H,25,29)(H,26,30). The number of hydrogen-bond acceptors (Lipinski definition) is 5. The van der Waals surface area contributed by atoms with Crippen LogP contribution in [-0.4, -0.2) is 57.6 Å². The van der Waals surface area contributed by atoms with E-state index in [4.69, 9.17) is 4.74 Å². The number of carbonyl (C=O) groups excluding carboxylic acids is 2. The Morgan fingerprint density at radius 2 is 1.71 bits per heavy atom. The maximum Gasteiger partial charge on any atom is 0.309 e.